The molecular weight excluding hydrogens is 562 g/mol. The number of nitrogens with one attached hydrogen (secondary N) is 1. The zero-order chi connectivity index (χ0) is 30.4. The van der Waals surface area contributed by atoms with Gasteiger partial charge in [0.25, 0.3) is 0 Å². The zero-order valence-electron chi connectivity index (χ0n) is 24.5. The molecule has 0 spiro atoms. The van der Waals surface area contributed by atoms with Crippen LogP contribution < -0.4 is 15.5 Å². The summed E-state index contributed by atoms with van der Waals surface area (Å²) in [6, 6.07) is 26.6. The summed E-state index contributed by atoms with van der Waals surface area (Å²) in [5, 5.41) is 3.38. The van der Waals surface area contributed by atoms with Crippen LogP contribution in [0, 0.1) is 0 Å². The number of ether oxygens (including phenoxy) is 2. The lowest BCUT2D eigenvalue weighted by atomic mass is 9.80. The highest BCUT2D eigenvalue weighted by Gasteiger charge is 2.57. The lowest BCUT2D eigenvalue weighted by molar-refractivity contribution is -0.147. The molecule has 0 aliphatic carbocycles. The number of likely N-dealkylation sites (N-methyl/N-ethyl adjacent to an activating group) is 1. The van der Waals surface area contributed by atoms with E-state index in [4.69, 9.17) is 9.47 Å². The van der Waals surface area contributed by atoms with Crippen LogP contribution in [-0.2, 0) is 32.2 Å². The first-order chi connectivity index (χ1) is 20.9. The average molecular weight is 598 g/mol. The molecule has 0 radical (unpaired) electrons. The Morgan fingerprint density at radius 2 is 1.77 bits per heavy atom. The van der Waals surface area contributed by atoms with Crippen LogP contribution >= 0.6 is 11.8 Å². The van der Waals surface area contributed by atoms with Crippen molar-refractivity contribution in [2.45, 2.75) is 35.7 Å². The summed E-state index contributed by atoms with van der Waals surface area (Å²) in [7, 11) is 3.63. The summed E-state index contributed by atoms with van der Waals surface area (Å²) >= 11 is 1.36. The second-order valence-corrected chi connectivity index (χ2v) is 11.7. The van der Waals surface area contributed by atoms with Gasteiger partial charge in [-0.25, -0.2) is 0 Å². The molecule has 1 N–H and O–H groups in total. The number of nitrogens with zero attached hydrogens (tertiary/aromatic N) is 2. The quantitative estimate of drug-likeness (QED) is 0.176. The highest BCUT2D eigenvalue weighted by molar-refractivity contribution is 8.01. The van der Waals surface area contributed by atoms with Gasteiger partial charge in [0, 0.05) is 48.1 Å². The van der Waals surface area contributed by atoms with Crippen molar-refractivity contribution >= 4 is 29.8 Å². The lowest BCUT2D eigenvalue weighted by Crippen LogP contribution is -2.43. The standard InChI is InChI=1S/C34H35N3O5S/c1-4-42-33(40)34(26-14-16-27(17-15-26)35-23-38)28(22-36(2)20-24-10-6-5-7-11-24)31-29(39)18-19-37(32(31)43-34)21-25-12-8-9-13-30(25)41-3/h5-19,23,28H,4,20-22H2,1-3H3,(H,35,38). The van der Waals surface area contributed by atoms with Gasteiger partial charge in [0.05, 0.1) is 25.3 Å². The minimum absolute atomic E-state index is 0.123. The Bertz CT molecular complexity index is 1640. The maximum absolute atomic E-state index is 14.2. The van der Waals surface area contributed by atoms with Crippen LogP contribution in [0.1, 0.15) is 35.1 Å². The van der Waals surface area contributed by atoms with Crippen LogP contribution in [0.3, 0.4) is 0 Å². The first-order valence-corrected chi connectivity index (χ1v) is 15.0. The number of carbonyl (C=O) groups is 2. The Morgan fingerprint density at radius 1 is 1.05 bits per heavy atom. The fourth-order valence-corrected chi connectivity index (χ4v) is 7.38. The average Bonchev–Trinajstić information content (AvgIpc) is 3.36. The lowest BCUT2D eigenvalue weighted by Gasteiger charge is -2.35. The second-order valence-electron chi connectivity index (χ2n) is 10.5. The number of rotatable bonds is 12. The molecule has 3 aromatic carbocycles. The van der Waals surface area contributed by atoms with Crippen molar-refractivity contribution in [3.63, 3.8) is 0 Å². The smallest absolute Gasteiger partial charge is 0.327 e. The van der Waals surface area contributed by atoms with E-state index < -0.39 is 16.6 Å². The molecular formula is C34H35N3O5S. The third-order valence-corrected chi connectivity index (χ3v) is 9.36. The fourth-order valence-electron chi connectivity index (χ4n) is 5.75. The van der Waals surface area contributed by atoms with Crippen LogP contribution in [0.25, 0.3) is 0 Å². The largest absolute Gasteiger partial charge is 0.496 e. The van der Waals surface area contributed by atoms with Gasteiger partial charge in [-0.2, -0.15) is 0 Å². The Kier molecular flexibility index (Phi) is 9.33. The molecule has 2 unspecified atom stereocenters. The number of methoxy groups -OCH3 is 1. The number of pyridine rings is 1. The number of carbonyl (C=O) groups excluding carboxylic acids is 2. The van der Waals surface area contributed by atoms with Crippen LogP contribution in [0.15, 0.2) is 101 Å². The van der Waals surface area contributed by atoms with E-state index in [0.29, 0.717) is 42.9 Å². The summed E-state index contributed by atoms with van der Waals surface area (Å²) in [5.41, 5.74) is 3.85. The van der Waals surface area contributed by atoms with Gasteiger partial charge in [-0.05, 0) is 43.3 Å². The van der Waals surface area contributed by atoms with Crippen molar-refractivity contribution < 1.29 is 19.1 Å². The maximum atomic E-state index is 14.2. The fraction of sp³-hybridized carbons (Fsp3) is 0.265. The second kappa shape index (κ2) is 13.3. The predicted molar refractivity (Wildman–Crippen MR) is 169 cm³/mol. The van der Waals surface area contributed by atoms with Gasteiger partial charge in [0.1, 0.15) is 5.75 Å². The molecule has 0 saturated carbocycles. The van der Waals surface area contributed by atoms with Gasteiger partial charge in [0.15, 0.2) is 10.2 Å². The molecule has 2 heterocycles. The SMILES string of the molecule is CCOC(=O)C1(c2ccc(NC=O)cc2)Sc2c(c(=O)ccn2Cc2ccccc2OC)C1CN(C)Cc1ccccc1. The monoisotopic (exact) mass is 597 g/mol. The normalized spacial score (nSPS) is 17.3. The molecule has 222 valence electrons. The topological polar surface area (TPSA) is 89.9 Å². The Morgan fingerprint density at radius 3 is 2.47 bits per heavy atom. The molecule has 43 heavy (non-hydrogen) atoms. The third-order valence-electron chi connectivity index (χ3n) is 7.70. The van der Waals surface area contributed by atoms with E-state index in [2.05, 4.69) is 22.3 Å². The molecule has 0 fully saturated rings. The van der Waals surface area contributed by atoms with Gasteiger partial charge in [0.2, 0.25) is 6.41 Å². The number of hydrogen-bond donors (Lipinski definition) is 1. The van der Waals surface area contributed by atoms with E-state index in [1.54, 1.807) is 38.4 Å². The van der Waals surface area contributed by atoms with Crippen molar-refractivity contribution in [1.29, 1.82) is 0 Å². The number of benzene rings is 3. The molecule has 1 aliphatic heterocycles. The Balaban J connectivity index is 1.66. The van der Waals surface area contributed by atoms with E-state index >= 15 is 0 Å². The number of hydrogen-bond acceptors (Lipinski definition) is 7. The Labute approximate surface area is 255 Å². The van der Waals surface area contributed by atoms with E-state index in [1.165, 1.54) is 11.8 Å². The highest BCUT2D eigenvalue weighted by atomic mass is 32.2. The first-order valence-electron chi connectivity index (χ1n) is 14.2. The number of esters is 1. The summed E-state index contributed by atoms with van der Waals surface area (Å²) in [5.74, 6) is -0.191. The van der Waals surface area contributed by atoms with Crippen LogP contribution in [0.5, 0.6) is 5.75 Å². The van der Waals surface area contributed by atoms with Crippen molar-refractivity contribution in [3.8, 4) is 5.75 Å². The predicted octanol–water partition coefficient (Wildman–Crippen LogP) is 5.25. The molecule has 5 rings (SSSR count). The van der Waals surface area contributed by atoms with Crippen molar-refractivity contribution in [1.82, 2.24) is 9.47 Å². The molecule has 1 aromatic heterocycles. The molecule has 0 saturated heterocycles. The third kappa shape index (κ3) is 6.09. The number of thioether (sulfide) groups is 1. The van der Waals surface area contributed by atoms with Gasteiger partial charge in [-0.15, -0.1) is 0 Å². The van der Waals surface area contributed by atoms with Gasteiger partial charge >= 0.3 is 5.97 Å². The summed E-state index contributed by atoms with van der Waals surface area (Å²) in [6.07, 6.45) is 2.39. The molecule has 9 heteroatoms. The van der Waals surface area contributed by atoms with E-state index in [0.717, 1.165) is 21.9 Å². The molecule has 8 nitrogen and oxygen atoms in total. The summed E-state index contributed by atoms with van der Waals surface area (Å²) < 4.78 is 12.2. The van der Waals surface area contributed by atoms with Crippen molar-refractivity contribution in [2.75, 3.05) is 32.6 Å². The number of para-hydroxylation sites is 1. The number of aromatic nitrogens is 1. The zero-order valence-corrected chi connectivity index (χ0v) is 25.3. The van der Waals surface area contributed by atoms with Crippen molar-refractivity contribution in [2.24, 2.45) is 0 Å². The highest BCUT2D eigenvalue weighted by Crippen LogP contribution is 2.59. The van der Waals surface area contributed by atoms with Gasteiger partial charge < -0.3 is 24.3 Å². The number of anilines is 1. The maximum Gasteiger partial charge on any atom is 0.327 e. The molecule has 0 bridgehead atoms. The minimum Gasteiger partial charge on any atom is -0.496 e. The number of fused-ring (bicyclic) bond motifs is 1. The minimum atomic E-state index is -1.24. The Hall–Kier alpha value is -4.34. The first kappa shape index (κ1) is 30.1. The van der Waals surface area contributed by atoms with Crippen LogP contribution in [0.4, 0.5) is 5.69 Å². The number of amides is 1. The van der Waals surface area contributed by atoms with E-state index in [1.807, 2.05) is 66.2 Å². The van der Waals surface area contributed by atoms with E-state index in [-0.39, 0.29) is 12.0 Å². The van der Waals surface area contributed by atoms with Gasteiger partial charge in [-0.3, -0.25) is 14.4 Å². The van der Waals surface area contributed by atoms with E-state index in [9.17, 15) is 14.4 Å². The van der Waals surface area contributed by atoms with Gasteiger partial charge in [-0.1, -0.05) is 72.4 Å². The molecule has 2 atom stereocenters. The molecule has 1 amide bonds. The summed E-state index contributed by atoms with van der Waals surface area (Å²) in [4.78, 5) is 41.2. The molecule has 4 aromatic rings. The van der Waals surface area contributed by atoms with Crippen molar-refractivity contribution in [3.05, 3.63) is 124 Å². The molecule has 1 aliphatic rings. The van der Waals surface area contributed by atoms with Crippen LogP contribution in [0.2, 0.25) is 0 Å². The summed E-state index contributed by atoms with van der Waals surface area (Å²) in [6.45, 7) is 3.50. The van der Waals surface area contributed by atoms with Crippen LogP contribution in [-0.4, -0.2) is 49.2 Å².